The quantitative estimate of drug-likeness (QED) is 0.392. The number of nitriles is 1. The molecule has 1 N–H and O–H groups in total. The molecule has 1 atom stereocenters. The number of nitrogens with one attached hydrogen (secondary N) is 1. The van der Waals surface area contributed by atoms with Crippen LogP contribution < -0.4 is 21.2 Å². The van der Waals surface area contributed by atoms with Gasteiger partial charge in [-0.1, -0.05) is 111 Å². The summed E-state index contributed by atoms with van der Waals surface area (Å²) in [5.74, 6) is -0.369. The van der Waals surface area contributed by atoms with Crippen LogP contribution in [0.25, 0.3) is 0 Å². The topological polar surface area (TPSA) is 79.2 Å². The van der Waals surface area contributed by atoms with E-state index in [0.717, 1.165) is 28.8 Å². The van der Waals surface area contributed by atoms with Crippen molar-refractivity contribution < 1.29 is 14.3 Å². The number of ether oxygens (including phenoxy) is 1. The predicted molar refractivity (Wildman–Crippen MR) is 153 cm³/mol. The molecule has 3 rings (SSSR count). The second kappa shape index (κ2) is 12.6. The molecule has 0 aliphatic heterocycles. The van der Waals surface area contributed by atoms with Gasteiger partial charge in [-0.2, -0.15) is 5.26 Å². The molecular formula is C31H35N2O3P. The highest BCUT2D eigenvalue weighted by atomic mass is 31.2. The highest BCUT2D eigenvalue weighted by Gasteiger charge is 2.36. The van der Waals surface area contributed by atoms with Crippen LogP contribution in [-0.4, -0.2) is 28.8 Å². The Morgan fingerprint density at radius 3 is 1.65 bits per heavy atom. The number of ketones is 1. The van der Waals surface area contributed by atoms with Crippen LogP contribution in [0.1, 0.15) is 47.0 Å². The number of alkyl carbamates (subject to hydrolysis) is 1. The monoisotopic (exact) mass is 514 g/mol. The van der Waals surface area contributed by atoms with E-state index >= 15 is 0 Å². The van der Waals surface area contributed by atoms with Crippen LogP contribution in [0.15, 0.2) is 91.0 Å². The molecule has 0 aliphatic carbocycles. The van der Waals surface area contributed by atoms with Gasteiger partial charge >= 0.3 is 6.09 Å². The Balaban J connectivity index is 2.35. The van der Waals surface area contributed by atoms with Crippen molar-refractivity contribution in [2.45, 2.75) is 58.6 Å². The van der Waals surface area contributed by atoms with Crippen molar-refractivity contribution in [3.63, 3.8) is 0 Å². The van der Waals surface area contributed by atoms with E-state index in [-0.39, 0.29) is 11.1 Å². The molecule has 0 bridgehead atoms. The van der Waals surface area contributed by atoms with Crippen molar-refractivity contribution in [3.05, 3.63) is 91.0 Å². The first-order valence-corrected chi connectivity index (χ1v) is 14.4. The molecule has 0 fully saturated rings. The summed E-state index contributed by atoms with van der Waals surface area (Å²) < 4.78 is 5.47. The molecule has 1 amide bonds. The second-order valence-corrected chi connectivity index (χ2v) is 13.2. The van der Waals surface area contributed by atoms with E-state index in [1.807, 2.05) is 97.9 Å². The Hall–Kier alpha value is -3.61. The summed E-state index contributed by atoms with van der Waals surface area (Å²) in [4.78, 5) is 27.1. The van der Waals surface area contributed by atoms with Gasteiger partial charge in [-0.25, -0.2) is 4.79 Å². The number of benzene rings is 3. The minimum atomic E-state index is -2.88. The fourth-order valence-corrected chi connectivity index (χ4v) is 8.54. The first-order valence-electron chi connectivity index (χ1n) is 12.6. The maximum absolute atomic E-state index is 14.3. The van der Waals surface area contributed by atoms with E-state index in [4.69, 9.17) is 4.74 Å². The molecule has 0 saturated heterocycles. The average Bonchev–Trinajstić information content (AvgIpc) is 2.89. The van der Waals surface area contributed by atoms with Gasteiger partial charge in [0.15, 0.2) is 5.78 Å². The highest BCUT2D eigenvalue weighted by Crippen LogP contribution is 2.46. The Morgan fingerprint density at radius 2 is 1.30 bits per heavy atom. The highest BCUT2D eigenvalue weighted by molar-refractivity contribution is 7.97. The minimum absolute atomic E-state index is 0.160. The van der Waals surface area contributed by atoms with Gasteiger partial charge in [-0.05, 0) is 50.0 Å². The van der Waals surface area contributed by atoms with Gasteiger partial charge in [-0.15, -0.1) is 0 Å². The molecule has 0 heterocycles. The zero-order valence-corrected chi connectivity index (χ0v) is 22.9. The lowest BCUT2D eigenvalue weighted by Gasteiger charge is -2.31. The molecular weight excluding hydrogens is 479 g/mol. The summed E-state index contributed by atoms with van der Waals surface area (Å²) in [6, 6.07) is 30.8. The summed E-state index contributed by atoms with van der Waals surface area (Å²) in [7, 11) is 0. The smallest absolute Gasteiger partial charge is 0.408 e. The van der Waals surface area contributed by atoms with E-state index in [0.29, 0.717) is 6.42 Å². The SMILES string of the molecule is CCCC[C@H](NC(=O)OC(C)(C)C)C(=O)C(C#N)=P(c1ccccc1)(c1ccccc1)c1ccccc1. The molecule has 0 radical (unpaired) electrons. The van der Waals surface area contributed by atoms with Crippen LogP contribution in [-0.2, 0) is 9.53 Å². The normalized spacial score (nSPS) is 12.2. The average molecular weight is 515 g/mol. The van der Waals surface area contributed by atoms with Crippen molar-refractivity contribution in [2.24, 2.45) is 0 Å². The van der Waals surface area contributed by atoms with Gasteiger partial charge in [0.05, 0.1) is 6.04 Å². The first kappa shape index (κ1) is 28.0. The summed E-state index contributed by atoms with van der Waals surface area (Å²) in [5.41, 5.74) is -0.709. The van der Waals surface area contributed by atoms with Crippen molar-refractivity contribution in [1.29, 1.82) is 5.26 Å². The van der Waals surface area contributed by atoms with Gasteiger partial charge in [-0.3, -0.25) is 4.79 Å². The largest absolute Gasteiger partial charge is 0.444 e. The number of nitrogens with zero attached hydrogens (tertiary/aromatic N) is 1. The number of carbonyl (C=O) groups is 2. The molecule has 0 aliphatic rings. The second-order valence-electron chi connectivity index (χ2n) is 9.84. The lowest BCUT2D eigenvalue weighted by Crippen LogP contribution is -2.47. The molecule has 0 aromatic heterocycles. The standard InChI is InChI=1S/C31H35N2O3P/c1-5-6-22-27(33-30(35)36-31(2,3)4)29(34)28(23-32)37(24-16-10-7-11-17-24,25-18-12-8-13-19-25)26-20-14-9-15-21-26/h7-21,27H,5-6,22H2,1-4H3,(H,33,35)/t27-/m0/s1. The van der Waals surface area contributed by atoms with Gasteiger partial charge in [0.25, 0.3) is 0 Å². The lowest BCUT2D eigenvalue weighted by atomic mass is 10.0. The summed E-state index contributed by atoms with van der Waals surface area (Å²) in [5, 5.41) is 16.4. The van der Waals surface area contributed by atoms with Crippen LogP contribution >= 0.6 is 6.89 Å². The molecule has 6 heteroatoms. The molecule has 5 nitrogen and oxygen atoms in total. The number of Topliss-reactive ketones (excluding diaryl/α,β-unsaturated/α-hetero) is 1. The van der Waals surface area contributed by atoms with Crippen LogP contribution in [0.5, 0.6) is 0 Å². The number of unbranched alkanes of at least 4 members (excludes halogenated alkanes) is 1. The minimum Gasteiger partial charge on any atom is -0.444 e. The first-order chi connectivity index (χ1) is 17.7. The van der Waals surface area contributed by atoms with Crippen molar-refractivity contribution in [3.8, 4) is 6.07 Å². The maximum Gasteiger partial charge on any atom is 0.408 e. The van der Waals surface area contributed by atoms with E-state index < -0.39 is 24.6 Å². The van der Waals surface area contributed by atoms with Crippen LogP contribution in [0, 0.1) is 11.3 Å². The summed E-state index contributed by atoms with van der Waals surface area (Å²) in [6.45, 7) is 4.48. The molecule has 37 heavy (non-hydrogen) atoms. The molecule has 0 saturated carbocycles. The van der Waals surface area contributed by atoms with E-state index in [9.17, 15) is 14.9 Å². The van der Waals surface area contributed by atoms with Crippen LogP contribution in [0.3, 0.4) is 0 Å². The zero-order chi connectivity index (χ0) is 26.9. The third-order valence-corrected chi connectivity index (χ3v) is 10.2. The number of carbonyl (C=O) groups excluding carboxylic acids is 2. The Bertz CT molecular complexity index is 1190. The van der Waals surface area contributed by atoms with Crippen molar-refractivity contribution in [2.75, 3.05) is 0 Å². The van der Waals surface area contributed by atoms with Crippen molar-refractivity contribution in [1.82, 2.24) is 5.32 Å². The van der Waals surface area contributed by atoms with Crippen molar-refractivity contribution >= 4 is 40.0 Å². The van der Waals surface area contributed by atoms with E-state index in [2.05, 4.69) is 11.4 Å². The fraction of sp³-hybridized carbons (Fsp3) is 0.290. The maximum atomic E-state index is 14.3. The molecule has 3 aromatic carbocycles. The number of rotatable bonds is 9. The molecule has 192 valence electrons. The Labute approximate surface area is 220 Å². The summed E-state index contributed by atoms with van der Waals surface area (Å²) >= 11 is 0. The third kappa shape index (κ3) is 6.59. The zero-order valence-electron chi connectivity index (χ0n) is 22.0. The molecule has 0 unspecified atom stereocenters. The predicted octanol–water partition coefficient (Wildman–Crippen LogP) is 5.33. The van der Waals surface area contributed by atoms with E-state index in [1.54, 1.807) is 20.8 Å². The summed E-state index contributed by atoms with van der Waals surface area (Å²) in [6.07, 6.45) is 1.32. The Kier molecular flexibility index (Phi) is 9.50. The molecule has 3 aromatic rings. The molecule has 0 spiro atoms. The van der Waals surface area contributed by atoms with Gasteiger partial charge in [0, 0.05) is 0 Å². The van der Waals surface area contributed by atoms with Crippen LogP contribution in [0.2, 0.25) is 0 Å². The Morgan fingerprint density at radius 1 is 0.865 bits per heavy atom. The van der Waals surface area contributed by atoms with E-state index in [1.165, 1.54) is 0 Å². The number of amides is 1. The van der Waals surface area contributed by atoms with Gasteiger partial charge < -0.3 is 10.1 Å². The number of hydrogen-bond acceptors (Lipinski definition) is 4. The van der Waals surface area contributed by atoms with Gasteiger partial charge in [0.2, 0.25) is 0 Å². The van der Waals surface area contributed by atoms with Crippen LogP contribution in [0.4, 0.5) is 4.79 Å². The lowest BCUT2D eigenvalue weighted by molar-refractivity contribution is -0.114. The van der Waals surface area contributed by atoms with Gasteiger partial charge in [0.1, 0.15) is 17.0 Å². The number of hydrogen-bond donors (Lipinski definition) is 1. The fourth-order valence-electron chi connectivity index (χ4n) is 4.38. The third-order valence-electron chi connectivity index (χ3n) is 5.96.